The van der Waals surface area contributed by atoms with Gasteiger partial charge in [0.2, 0.25) is 5.91 Å². The van der Waals surface area contributed by atoms with Crippen LogP contribution in [-0.2, 0) is 11.2 Å². The molecule has 1 amide bonds. The molecule has 0 saturated carbocycles. The van der Waals surface area contributed by atoms with Crippen molar-refractivity contribution in [1.82, 2.24) is 5.32 Å². The highest BCUT2D eigenvalue weighted by molar-refractivity contribution is 6.20. The SMILES string of the molecule is CC(Cl)CCCNC(=O)Cc1ccc(F)cc1. The number of hydrogen-bond donors (Lipinski definition) is 1. The predicted molar refractivity (Wildman–Crippen MR) is 67.7 cm³/mol. The lowest BCUT2D eigenvalue weighted by molar-refractivity contribution is -0.120. The molecule has 0 saturated heterocycles. The zero-order valence-electron chi connectivity index (χ0n) is 9.88. The summed E-state index contributed by atoms with van der Waals surface area (Å²) in [4.78, 5) is 11.5. The molecule has 1 unspecified atom stereocenters. The number of carbonyl (C=O) groups excluding carboxylic acids is 1. The normalized spacial score (nSPS) is 12.2. The molecule has 0 bridgehead atoms. The first kappa shape index (κ1) is 14.0. The van der Waals surface area contributed by atoms with E-state index in [0.29, 0.717) is 6.54 Å². The van der Waals surface area contributed by atoms with E-state index in [4.69, 9.17) is 11.6 Å². The largest absolute Gasteiger partial charge is 0.356 e. The van der Waals surface area contributed by atoms with Crippen LogP contribution in [0.5, 0.6) is 0 Å². The smallest absolute Gasteiger partial charge is 0.224 e. The number of benzene rings is 1. The van der Waals surface area contributed by atoms with Crippen LogP contribution in [0.2, 0.25) is 0 Å². The summed E-state index contributed by atoms with van der Waals surface area (Å²) in [5, 5.41) is 2.95. The molecule has 4 heteroatoms. The van der Waals surface area contributed by atoms with Gasteiger partial charge in [-0.15, -0.1) is 11.6 Å². The Morgan fingerprint density at radius 1 is 1.41 bits per heavy atom. The zero-order chi connectivity index (χ0) is 12.7. The highest BCUT2D eigenvalue weighted by atomic mass is 35.5. The number of nitrogens with one attached hydrogen (secondary N) is 1. The summed E-state index contributed by atoms with van der Waals surface area (Å²) in [6.45, 7) is 2.57. The van der Waals surface area contributed by atoms with E-state index < -0.39 is 0 Å². The average molecular weight is 258 g/mol. The van der Waals surface area contributed by atoms with Crippen molar-refractivity contribution in [3.05, 3.63) is 35.6 Å². The number of hydrogen-bond acceptors (Lipinski definition) is 1. The average Bonchev–Trinajstić information content (AvgIpc) is 2.27. The van der Waals surface area contributed by atoms with Gasteiger partial charge in [0.15, 0.2) is 0 Å². The number of carbonyl (C=O) groups is 1. The van der Waals surface area contributed by atoms with Crippen LogP contribution in [0, 0.1) is 5.82 Å². The molecule has 1 rings (SSSR count). The van der Waals surface area contributed by atoms with Gasteiger partial charge in [-0.05, 0) is 37.5 Å². The van der Waals surface area contributed by atoms with Crippen molar-refractivity contribution in [2.75, 3.05) is 6.54 Å². The lowest BCUT2D eigenvalue weighted by Gasteiger charge is -2.06. The summed E-state index contributed by atoms with van der Waals surface area (Å²) >= 11 is 5.79. The predicted octanol–water partition coefficient (Wildman–Crippen LogP) is 2.89. The molecule has 1 atom stereocenters. The number of halogens is 2. The first-order valence-electron chi connectivity index (χ1n) is 5.73. The maximum Gasteiger partial charge on any atom is 0.224 e. The fraction of sp³-hybridized carbons (Fsp3) is 0.462. The fourth-order valence-corrected chi connectivity index (χ4v) is 1.62. The van der Waals surface area contributed by atoms with Gasteiger partial charge in [0.25, 0.3) is 0 Å². The molecule has 0 aliphatic carbocycles. The highest BCUT2D eigenvalue weighted by Gasteiger charge is 2.03. The van der Waals surface area contributed by atoms with E-state index in [2.05, 4.69) is 5.32 Å². The summed E-state index contributed by atoms with van der Waals surface area (Å²) in [5.74, 6) is -0.330. The number of rotatable bonds is 6. The minimum absolute atomic E-state index is 0.0427. The van der Waals surface area contributed by atoms with Crippen molar-refractivity contribution in [2.45, 2.75) is 31.6 Å². The Hall–Kier alpha value is -1.09. The van der Waals surface area contributed by atoms with Gasteiger partial charge in [-0.3, -0.25) is 4.79 Å². The maximum absolute atomic E-state index is 12.6. The van der Waals surface area contributed by atoms with Gasteiger partial charge in [-0.25, -0.2) is 4.39 Å². The Labute approximate surface area is 106 Å². The van der Waals surface area contributed by atoms with Crippen LogP contribution in [0.25, 0.3) is 0 Å². The summed E-state index contributed by atoms with van der Waals surface area (Å²) in [7, 11) is 0. The van der Waals surface area contributed by atoms with E-state index in [0.717, 1.165) is 18.4 Å². The van der Waals surface area contributed by atoms with Crippen LogP contribution >= 0.6 is 11.6 Å². The molecule has 0 radical (unpaired) electrons. The quantitative estimate of drug-likeness (QED) is 0.616. The Morgan fingerprint density at radius 3 is 2.65 bits per heavy atom. The van der Waals surface area contributed by atoms with Gasteiger partial charge >= 0.3 is 0 Å². The van der Waals surface area contributed by atoms with Crippen LogP contribution in [0.4, 0.5) is 4.39 Å². The molecule has 0 spiro atoms. The summed E-state index contributed by atoms with van der Waals surface area (Å²) in [6.07, 6.45) is 2.05. The second kappa shape index (κ2) is 7.28. The summed E-state index contributed by atoms with van der Waals surface area (Å²) in [6, 6.07) is 5.96. The minimum Gasteiger partial charge on any atom is -0.356 e. The molecular weight excluding hydrogens is 241 g/mol. The minimum atomic E-state index is -0.287. The van der Waals surface area contributed by atoms with E-state index in [1.165, 1.54) is 12.1 Å². The Kier molecular flexibility index (Phi) is 5.98. The third-order valence-electron chi connectivity index (χ3n) is 2.38. The molecular formula is C13H17ClFNO. The molecule has 2 nitrogen and oxygen atoms in total. The van der Waals surface area contributed by atoms with E-state index in [1.54, 1.807) is 12.1 Å². The van der Waals surface area contributed by atoms with Crippen molar-refractivity contribution >= 4 is 17.5 Å². The molecule has 1 N–H and O–H groups in total. The van der Waals surface area contributed by atoms with E-state index in [-0.39, 0.29) is 23.5 Å². The third-order valence-corrected chi connectivity index (χ3v) is 2.60. The molecule has 94 valence electrons. The van der Waals surface area contributed by atoms with Crippen LogP contribution in [0.15, 0.2) is 24.3 Å². The van der Waals surface area contributed by atoms with E-state index >= 15 is 0 Å². The Morgan fingerprint density at radius 2 is 2.06 bits per heavy atom. The van der Waals surface area contributed by atoms with Crippen LogP contribution < -0.4 is 5.32 Å². The summed E-state index contributed by atoms with van der Waals surface area (Å²) in [5.41, 5.74) is 0.814. The summed E-state index contributed by atoms with van der Waals surface area (Å²) < 4.78 is 12.6. The van der Waals surface area contributed by atoms with Crippen molar-refractivity contribution in [3.8, 4) is 0 Å². The van der Waals surface area contributed by atoms with Gasteiger partial charge in [0, 0.05) is 11.9 Å². The lowest BCUT2D eigenvalue weighted by Crippen LogP contribution is -2.26. The Balaban J connectivity index is 2.23. The second-order valence-electron chi connectivity index (χ2n) is 4.08. The topological polar surface area (TPSA) is 29.1 Å². The molecule has 0 fully saturated rings. The highest BCUT2D eigenvalue weighted by Crippen LogP contribution is 2.04. The van der Waals surface area contributed by atoms with Crippen LogP contribution in [0.1, 0.15) is 25.3 Å². The van der Waals surface area contributed by atoms with Gasteiger partial charge in [-0.2, -0.15) is 0 Å². The zero-order valence-corrected chi connectivity index (χ0v) is 10.6. The molecule has 1 aromatic rings. The maximum atomic E-state index is 12.6. The van der Waals surface area contributed by atoms with Gasteiger partial charge in [0.1, 0.15) is 5.82 Å². The fourth-order valence-electron chi connectivity index (χ4n) is 1.46. The third kappa shape index (κ3) is 6.27. The molecule has 0 aliphatic rings. The van der Waals surface area contributed by atoms with Crippen molar-refractivity contribution in [3.63, 3.8) is 0 Å². The van der Waals surface area contributed by atoms with Gasteiger partial charge < -0.3 is 5.32 Å². The second-order valence-corrected chi connectivity index (χ2v) is 4.82. The van der Waals surface area contributed by atoms with Crippen molar-refractivity contribution < 1.29 is 9.18 Å². The molecule has 17 heavy (non-hydrogen) atoms. The molecule has 1 aromatic carbocycles. The van der Waals surface area contributed by atoms with Crippen LogP contribution in [0.3, 0.4) is 0 Å². The first-order chi connectivity index (χ1) is 8.08. The van der Waals surface area contributed by atoms with Gasteiger partial charge in [0.05, 0.1) is 6.42 Å². The van der Waals surface area contributed by atoms with Crippen molar-refractivity contribution in [2.24, 2.45) is 0 Å². The molecule has 0 heterocycles. The van der Waals surface area contributed by atoms with Crippen LogP contribution in [-0.4, -0.2) is 17.8 Å². The van der Waals surface area contributed by atoms with E-state index in [1.807, 2.05) is 6.92 Å². The number of alkyl halides is 1. The lowest BCUT2D eigenvalue weighted by atomic mass is 10.1. The van der Waals surface area contributed by atoms with Crippen molar-refractivity contribution in [1.29, 1.82) is 0 Å². The number of amides is 1. The monoisotopic (exact) mass is 257 g/mol. The molecule has 0 aromatic heterocycles. The first-order valence-corrected chi connectivity index (χ1v) is 6.17. The standard InChI is InChI=1S/C13H17ClFNO/c1-10(14)3-2-8-16-13(17)9-11-4-6-12(15)7-5-11/h4-7,10H,2-3,8-9H2,1H3,(H,16,17). The van der Waals surface area contributed by atoms with Gasteiger partial charge in [-0.1, -0.05) is 12.1 Å². The molecule has 0 aliphatic heterocycles. The van der Waals surface area contributed by atoms with E-state index in [9.17, 15) is 9.18 Å². The Bertz CT molecular complexity index is 351.